The first-order chi connectivity index (χ1) is 18.6. The number of carbonyl (C=O) groups is 1. The topological polar surface area (TPSA) is 51.7 Å². The average Bonchev–Trinajstić information content (AvgIpc) is 3.28. The van der Waals surface area contributed by atoms with E-state index in [0.717, 1.165) is 55.0 Å². The number of allylic oxidation sites excluding steroid dienone is 4. The minimum absolute atomic E-state index is 0.0467. The number of hydrogen-bond acceptors (Lipinski definition) is 5. The molecule has 0 aliphatic carbocycles. The minimum Gasteiger partial charge on any atom is -0.497 e. The molecule has 5 nitrogen and oxygen atoms in total. The van der Waals surface area contributed by atoms with Crippen molar-refractivity contribution in [3.8, 4) is 11.5 Å². The molecule has 0 atom stereocenters. The normalized spacial score (nSPS) is 16.0. The van der Waals surface area contributed by atoms with E-state index in [-0.39, 0.29) is 5.78 Å². The summed E-state index contributed by atoms with van der Waals surface area (Å²) in [5.41, 5.74) is 6.37. The van der Waals surface area contributed by atoms with Gasteiger partial charge in [-0.15, -0.1) is 0 Å². The lowest BCUT2D eigenvalue weighted by atomic mass is 9.97. The van der Waals surface area contributed by atoms with E-state index in [1.165, 1.54) is 0 Å². The Kier molecular flexibility index (Phi) is 6.18. The standard InChI is InChI=1S/C32H23BrN2O3/c1-37-24-12-7-21(8-13-24)29-31(22-9-14-25(38-2)15-10-22)35-18-17-23(19-28(35)32(29)36)30(33)27-16-11-20-5-3-4-6-26(20)34-27/h3-19H,1-2H3. The molecule has 6 rings (SSSR count). The van der Waals surface area contributed by atoms with Crippen LogP contribution >= 0.6 is 15.9 Å². The maximum absolute atomic E-state index is 14.0. The Morgan fingerprint density at radius 1 is 0.816 bits per heavy atom. The number of rotatable bonds is 5. The molecule has 0 fully saturated rings. The Balaban J connectivity index is 1.46. The predicted octanol–water partition coefficient (Wildman–Crippen LogP) is 7.22. The fourth-order valence-electron chi connectivity index (χ4n) is 4.76. The smallest absolute Gasteiger partial charge is 0.212 e. The van der Waals surface area contributed by atoms with Gasteiger partial charge < -0.3 is 14.4 Å². The van der Waals surface area contributed by atoms with Gasteiger partial charge in [0.25, 0.3) is 0 Å². The maximum Gasteiger partial charge on any atom is 0.212 e. The van der Waals surface area contributed by atoms with Crippen molar-refractivity contribution < 1.29 is 14.3 Å². The molecule has 0 unspecified atom stereocenters. The van der Waals surface area contributed by atoms with Crippen LogP contribution in [0.5, 0.6) is 11.5 Å². The van der Waals surface area contributed by atoms with Crippen LogP contribution in [0.2, 0.25) is 0 Å². The summed E-state index contributed by atoms with van der Waals surface area (Å²) in [5, 5.41) is 1.08. The van der Waals surface area contributed by atoms with E-state index in [4.69, 9.17) is 14.5 Å². The Hall–Kier alpha value is -4.42. The molecule has 38 heavy (non-hydrogen) atoms. The number of para-hydroxylation sites is 1. The van der Waals surface area contributed by atoms with Crippen LogP contribution in [0.3, 0.4) is 0 Å². The molecule has 0 bridgehead atoms. The zero-order valence-electron chi connectivity index (χ0n) is 20.8. The van der Waals surface area contributed by atoms with E-state index in [2.05, 4.69) is 22.0 Å². The highest BCUT2D eigenvalue weighted by Crippen LogP contribution is 2.44. The van der Waals surface area contributed by atoms with Gasteiger partial charge in [-0.05, 0) is 93.3 Å². The van der Waals surface area contributed by atoms with Gasteiger partial charge in [-0.3, -0.25) is 4.79 Å². The van der Waals surface area contributed by atoms with Crippen molar-refractivity contribution in [2.24, 2.45) is 0 Å². The summed E-state index contributed by atoms with van der Waals surface area (Å²) in [4.78, 5) is 20.7. The van der Waals surface area contributed by atoms with Crippen LogP contribution in [0.4, 0.5) is 0 Å². The van der Waals surface area contributed by atoms with Gasteiger partial charge in [-0.2, -0.15) is 0 Å². The molecule has 3 aromatic carbocycles. The zero-order chi connectivity index (χ0) is 26.2. The number of fused-ring (bicyclic) bond motifs is 2. The van der Waals surface area contributed by atoms with Crippen LogP contribution in [-0.2, 0) is 4.79 Å². The molecular weight excluding hydrogens is 540 g/mol. The number of hydrogen-bond donors (Lipinski definition) is 0. The van der Waals surface area contributed by atoms with Gasteiger partial charge in [0.1, 0.15) is 11.5 Å². The second-order valence-electron chi connectivity index (χ2n) is 8.88. The molecule has 0 saturated carbocycles. The first kappa shape index (κ1) is 23.9. The van der Waals surface area contributed by atoms with Crippen molar-refractivity contribution >= 4 is 48.4 Å². The number of benzene rings is 3. The highest BCUT2D eigenvalue weighted by molar-refractivity contribution is 9.15. The third kappa shape index (κ3) is 4.13. The molecule has 0 radical (unpaired) electrons. The highest BCUT2D eigenvalue weighted by Gasteiger charge is 2.37. The number of Topliss-reactive ketones (excluding diaryl/α,β-unsaturated/α-hetero) is 1. The molecule has 0 amide bonds. The SMILES string of the molecule is COc1ccc(C2=C(c3ccc(OC)cc3)N3C=CC(=C(Br)c4ccc5ccccc5n4)C=C3C2=O)cc1. The van der Waals surface area contributed by atoms with Gasteiger partial charge >= 0.3 is 0 Å². The second kappa shape index (κ2) is 9.80. The van der Waals surface area contributed by atoms with Gasteiger partial charge in [0.15, 0.2) is 0 Å². The van der Waals surface area contributed by atoms with Gasteiger partial charge in [0.2, 0.25) is 5.78 Å². The molecule has 0 N–H and O–H groups in total. The van der Waals surface area contributed by atoms with E-state index in [9.17, 15) is 4.79 Å². The number of pyridine rings is 1. The van der Waals surface area contributed by atoms with Gasteiger partial charge in [0, 0.05) is 11.6 Å². The molecule has 0 spiro atoms. The summed E-state index contributed by atoms with van der Waals surface area (Å²) in [7, 11) is 3.27. The third-order valence-electron chi connectivity index (χ3n) is 6.71. The zero-order valence-corrected chi connectivity index (χ0v) is 22.4. The number of nitrogens with zero attached hydrogens (tertiary/aromatic N) is 2. The van der Waals surface area contributed by atoms with Crippen LogP contribution in [0.1, 0.15) is 16.8 Å². The molecule has 3 heterocycles. The molecular formula is C32H23BrN2O3. The lowest BCUT2D eigenvalue weighted by Gasteiger charge is -2.23. The lowest BCUT2D eigenvalue weighted by Crippen LogP contribution is -2.16. The number of ether oxygens (including phenoxy) is 2. The molecule has 2 aliphatic rings. The number of halogens is 1. The Morgan fingerprint density at radius 3 is 2.16 bits per heavy atom. The highest BCUT2D eigenvalue weighted by atomic mass is 79.9. The second-order valence-corrected chi connectivity index (χ2v) is 9.68. The quantitative estimate of drug-likeness (QED) is 0.257. The number of aromatic nitrogens is 1. The first-order valence-electron chi connectivity index (χ1n) is 12.1. The Morgan fingerprint density at radius 2 is 1.47 bits per heavy atom. The third-order valence-corrected chi connectivity index (χ3v) is 7.58. The monoisotopic (exact) mass is 562 g/mol. The van der Waals surface area contributed by atoms with E-state index < -0.39 is 0 Å². The molecule has 1 aromatic heterocycles. The summed E-state index contributed by atoms with van der Waals surface area (Å²) in [6.07, 6.45) is 5.86. The molecule has 186 valence electrons. The van der Waals surface area contributed by atoms with Crippen molar-refractivity contribution in [1.82, 2.24) is 9.88 Å². The van der Waals surface area contributed by atoms with E-state index in [0.29, 0.717) is 11.3 Å². The van der Waals surface area contributed by atoms with Gasteiger partial charge in [-0.25, -0.2) is 4.98 Å². The average molecular weight is 563 g/mol. The summed E-state index contributed by atoms with van der Waals surface area (Å²) in [5.74, 6) is 1.45. The summed E-state index contributed by atoms with van der Waals surface area (Å²) < 4.78 is 11.5. The first-order valence-corrected chi connectivity index (χ1v) is 12.9. The number of methoxy groups -OCH3 is 2. The van der Waals surface area contributed by atoms with Crippen LogP contribution in [0, 0.1) is 0 Å². The molecule has 4 aromatic rings. The van der Waals surface area contributed by atoms with Crippen molar-refractivity contribution in [3.63, 3.8) is 0 Å². The fraction of sp³-hybridized carbons (Fsp3) is 0.0625. The van der Waals surface area contributed by atoms with E-state index in [1.54, 1.807) is 14.2 Å². The lowest BCUT2D eigenvalue weighted by molar-refractivity contribution is -0.110. The van der Waals surface area contributed by atoms with Crippen LogP contribution in [0.15, 0.2) is 115 Å². The van der Waals surface area contributed by atoms with Crippen molar-refractivity contribution in [2.45, 2.75) is 0 Å². The summed E-state index contributed by atoms with van der Waals surface area (Å²) in [6, 6.07) is 27.4. The Labute approximate surface area is 229 Å². The molecule has 6 heteroatoms. The molecule has 0 saturated heterocycles. The van der Waals surface area contributed by atoms with Crippen LogP contribution < -0.4 is 9.47 Å². The Bertz CT molecular complexity index is 1700. The fourth-order valence-corrected chi connectivity index (χ4v) is 5.22. The van der Waals surface area contributed by atoms with Gasteiger partial charge in [-0.1, -0.05) is 36.4 Å². The summed E-state index contributed by atoms with van der Waals surface area (Å²) >= 11 is 3.75. The van der Waals surface area contributed by atoms with Crippen LogP contribution in [0.25, 0.3) is 26.7 Å². The van der Waals surface area contributed by atoms with Crippen LogP contribution in [-0.4, -0.2) is 29.9 Å². The largest absolute Gasteiger partial charge is 0.497 e. The molecule has 2 aliphatic heterocycles. The van der Waals surface area contributed by atoms with E-state index >= 15 is 0 Å². The van der Waals surface area contributed by atoms with Gasteiger partial charge in [0.05, 0.1) is 46.9 Å². The number of ketones is 1. The number of carbonyl (C=O) groups excluding carboxylic acids is 1. The van der Waals surface area contributed by atoms with Crippen molar-refractivity contribution in [1.29, 1.82) is 0 Å². The maximum atomic E-state index is 14.0. The van der Waals surface area contributed by atoms with E-state index in [1.807, 2.05) is 102 Å². The predicted molar refractivity (Wildman–Crippen MR) is 154 cm³/mol. The van der Waals surface area contributed by atoms with Crippen molar-refractivity contribution in [3.05, 3.63) is 131 Å². The summed E-state index contributed by atoms with van der Waals surface area (Å²) in [6.45, 7) is 0. The minimum atomic E-state index is -0.0467. The van der Waals surface area contributed by atoms with Crippen molar-refractivity contribution in [2.75, 3.05) is 14.2 Å².